The molecule has 0 spiro atoms. The molecule has 1 unspecified atom stereocenters. The van der Waals surface area contributed by atoms with Crippen LogP contribution in [-0.4, -0.2) is 17.0 Å². The summed E-state index contributed by atoms with van der Waals surface area (Å²) in [5.41, 5.74) is 5.75. The van der Waals surface area contributed by atoms with Crippen LogP contribution >= 0.6 is 11.8 Å². The topological polar surface area (TPSA) is 26.0 Å². The van der Waals surface area contributed by atoms with Crippen molar-refractivity contribution in [1.82, 2.24) is 0 Å². The molecule has 10 heavy (non-hydrogen) atoms. The van der Waals surface area contributed by atoms with Gasteiger partial charge in [0.2, 0.25) is 0 Å². The van der Waals surface area contributed by atoms with Gasteiger partial charge in [-0.1, -0.05) is 20.8 Å². The van der Waals surface area contributed by atoms with Crippen molar-refractivity contribution in [2.75, 3.05) is 5.75 Å². The number of hydrogen-bond donors (Lipinski definition) is 1. The molecule has 0 bridgehead atoms. The monoisotopic (exact) mass is 161 g/mol. The highest BCUT2D eigenvalue weighted by atomic mass is 32.2. The summed E-state index contributed by atoms with van der Waals surface area (Å²) < 4.78 is 0. The van der Waals surface area contributed by atoms with Crippen molar-refractivity contribution in [3.8, 4) is 0 Å². The summed E-state index contributed by atoms with van der Waals surface area (Å²) in [6, 6.07) is 0.422. The molecule has 2 N–H and O–H groups in total. The lowest BCUT2D eigenvalue weighted by Crippen LogP contribution is -2.19. The molecule has 0 fully saturated rings. The van der Waals surface area contributed by atoms with E-state index in [4.69, 9.17) is 5.73 Å². The van der Waals surface area contributed by atoms with E-state index in [9.17, 15) is 0 Å². The van der Waals surface area contributed by atoms with E-state index < -0.39 is 0 Å². The average Bonchev–Trinajstić information content (AvgIpc) is 1.87. The van der Waals surface area contributed by atoms with Crippen molar-refractivity contribution in [3.63, 3.8) is 0 Å². The predicted molar refractivity (Wildman–Crippen MR) is 50.5 cm³/mol. The predicted octanol–water partition coefficient (Wildman–Crippen LogP) is 2.26. The summed E-state index contributed by atoms with van der Waals surface area (Å²) >= 11 is 1.99. The maximum absolute atomic E-state index is 5.75. The van der Waals surface area contributed by atoms with Crippen molar-refractivity contribution >= 4 is 11.8 Å². The number of thioether (sulfide) groups is 1. The van der Waals surface area contributed by atoms with Crippen LogP contribution in [0, 0.1) is 0 Å². The van der Waals surface area contributed by atoms with E-state index in [0.717, 1.165) is 11.7 Å². The standard InChI is InChI=1S/C8H19NS/c1-4-8(9)5-6-10-7(2)3/h7-8H,4-6,9H2,1-3H3. The van der Waals surface area contributed by atoms with Gasteiger partial charge < -0.3 is 5.73 Å². The number of hydrogen-bond acceptors (Lipinski definition) is 2. The molecule has 0 aliphatic carbocycles. The zero-order valence-electron chi connectivity index (χ0n) is 7.26. The summed E-state index contributed by atoms with van der Waals surface area (Å²) in [6.07, 6.45) is 2.28. The van der Waals surface area contributed by atoms with Gasteiger partial charge in [0, 0.05) is 6.04 Å². The van der Waals surface area contributed by atoms with E-state index >= 15 is 0 Å². The van der Waals surface area contributed by atoms with E-state index in [0.29, 0.717) is 6.04 Å². The van der Waals surface area contributed by atoms with Crippen LogP contribution in [-0.2, 0) is 0 Å². The second-order valence-corrected chi connectivity index (χ2v) is 4.56. The summed E-state index contributed by atoms with van der Waals surface area (Å²) in [7, 11) is 0. The Labute approximate surface area is 68.8 Å². The first kappa shape index (κ1) is 10.3. The number of rotatable bonds is 5. The van der Waals surface area contributed by atoms with E-state index in [-0.39, 0.29) is 0 Å². The van der Waals surface area contributed by atoms with Crippen LogP contribution in [0.1, 0.15) is 33.6 Å². The molecule has 0 aliphatic heterocycles. The first-order chi connectivity index (χ1) is 4.66. The van der Waals surface area contributed by atoms with Gasteiger partial charge in [-0.25, -0.2) is 0 Å². The van der Waals surface area contributed by atoms with Crippen LogP contribution in [0.5, 0.6) is 0 Å². The van der Waals surface area contributed by atoms with Crippen LogP contribution < -0.4 is 5.73 Å². The maximum Gasteiger partial charge on any atom is 0.00440 e. The molecule has 0 heterocycles. The van der Waals surface area contributed by atoms with Crippen molar-refractivity contribution in [2.45, 2.75) is 44.9 Å². The lowest BCUT2D eigenvalue weighted by Gasteiger charge is -2.08. The Morgan fingerprint density at radius 2 is 2.00 bits per heavy atom. The van der Waals surface area contributed by atoms with Crippen molar-refractivity contribution in [2.24, 2.45) is 5.73 Å². The zero-order valence-corrected chi connectivity index (χ0v) is 8.08. The van der Waals surface area contributed by atoms with Crippen LogP contribution in [0.15, 0.2) is 0 Å². The molecule has 62 valence electrons. The van der Waals surface area contributed by atoms with Crippen LogP contribution in [0.4, 0.5) is 0 Å². The molecule has 0 aromatic carbocycles. The lowest BCUT2D eigenvalue weighted by molar-refractivity contribution is 0.634. The molecule has 0 aliphatic rings. The van der Waals surface area contributed by atoms with Gasteiger partial charge in [-0.05, 0) is 23.8 Å². The molecule has 0 radical (unpaired) electrons. The van der Waals surface area contributed by atoms with Crippen molar-refractivity contribution < 1.29 is 0 Å². The molecular formula is C8H19NS. The third kappa shape index (κ3) is 6.43. The summed E-state index contributed by atoms with van der Waals surface area (Å²) in [4.78, 5) is 0. The van der Waals surface area contributed by atoms with Gasteiger partial charge >= 0.3 is 0 Å². The van der Waals surface area contributed by atoms with Crippen molar-refractivity contribution in [1.29, 1.82) is 0 Å². The summed E-state index contributed by atoms with van der Waals surface area (Å²) in [6.45, 7) is 6.59. The SMILES string of the molecule is CCC(N)CCSC(C)C. The fourth-order valence-electron chi connectivity index (χ4n) is 0.659. The molecule has 0 saturated carbocycles. The molecule has 0 saturated heterocycles. The number of nitrogens with two attached hydrogens (primary N) is 1. The molecule has 1 atom stereocenters. The van der Waals surface area contributed by atoms with E-state index in [1.54, 1.807) is 0 Å². The fraction of sp³-hybridized carbons (Fsp3) is 1.00. The Kier molecular flexibility index (Phi) is 6.24. The van der Waals surface area contributed by atoms with E-state index in [1.165, 1.54) is 12.2 Å². The molecule has 1 nitrogen and oxygen atoms in total. The minimum Gasteiger partial charge on any atom is -0.328 e. The molecule has 0 rings (SSSR count). The fourth-order valence-corrected chi connectivity index (χ4v) is 1.57. The van der Waals surface area contributed by atoms with Gasteiger partial charge in [-0.3, -0.25) is 0 Å². The van der Waals surface area contributed by atoms with Crippen LogP contribution in [0.2, 0.25) is 0 Å². The Bertz CT molecular complexity index is 73.7. The third-order valence-corrected chi connectivity index (χ3v) is 2.60. The first-order valence-corrected chi connectivity index (χ1v) is 5.08. The first-order valence-electron chi connectivity index (χ1n) is 4.04. The largest absolute Gasteiger partial charge is 0.328 e. The molecular weight excluding hydrogens is 142 g/mol. The maximum atomic E-state index is 5.75. The minimum atomic E-state index is 0.422. The quantitative estimate of drug-likeness (QED) is 0.669. The normalized spacial score (nSPS) is 14.1. The van der Waals surface area contributed by atoms with Gasteiger partial charge in [-0.2, -0.15) is 11.8 Å². The minimum absolute atomic E-state index is 0.422. The Hall–Kier alpha value is 0.310. The molecule has 0 aromatic rings. The smallest absolute Gasteiger partial charge is 0.00440 e. The van der Waals surface area contributed by atoms with E-state index in [2.05, 4.69) is 20.8 Å². The van der Waals surface area contributed by atoms with E-state index in [1.807, 2.05) is 11.8 Å². The Morgan fingerprint density at radius 1 is 1.40 bits per heavy atom. The zero-order chi connectivity index (χ0) is 7.98. The van der Waals surface area contributed by atoms with Gasteiger partial charge in [0.25, 0.3) is 0 Å². The second-order valence-electron chi connectivity index (χ2n) is 2.88. The Balaban J connectivity index is 3.03. The lowest BCUT2D eigenvalue weighted by atomic mass is 10.2. The highest BCUT2D eigenvalue weighted by Gasteiger charge is 1.99. The molecule has 2 heteroatoms. The highest BCUT2D eigenvalue weighted by Crippen LogP contribution is 2.11. The van der Waals surface area contributed by atoms with Crippen LogP contribution in [0.25, 0.3) is 0 Å². The highest BCUT2D eigenvalue weighted by molar-refractivity contribution is 7.99. The molecule has 0 aromatic heterocycles. The third-order valence-electron chi connectivity index (χ3n) is 1.46. The van der Waals surface area contributed by atoms with Crippen molar-refractivity contribution in [3.05, 3.63) is 0 Å². The summed E-state index contributed by atoms with van der Waals surface area (Å²) in [5.74, 6) is 1.21. The molecule has 0 amide bonds. The van der Waals surface area contributed by atoms with Gasteiger partial charge in [-0.15, -0.1) is 0 Å². The van der Waals surface area contributed by atoms with Crippen LogP contribution in [0.3, 0.4) is 0 Å². The van der Waals surface area contributed by atoms with Gasteiger partial charge in [0.15, 0.2) is 0 Å². The van der Waals surface area contributed by atoms with Gasteiger partial charge in [0.1, 0.15) is 0 Å². The average molecular weight is 161 g/mol. The summed E-state index contributed by atoms with van der Waals surface area (Å²) in [5, 5.41) is 0.754. The van der Waals surface area contributed by atoms with Gasteiger partial charge in [0.05, 0.1) is 0 Å². The second kappa shape index (κ2) is 6.05. The Morgan fingerprint density at radius 3 is 2.40 bits per heavy atom.